The molecule has 1 saturated heterocycles. The van der Waals surface area contributed by atoms with E-state index in [9.17, 15) is 9.59 Å². The number of rotatable bonds is 4. The van der Waals surface area contributed by atoms with Gasteiger partial charge in [-0.15, -0.1) is 11.3 Å². The standard InChI is InChI=1S/C19H18N4O3S/c1-11-21-15(10-27-11)17-20-9-14(18(24)22-17)19(25)23-7-6-16(23)12-4-3-5-13(8-12)26-2/h3-5,8-10,16H,6-7H2,1-2H3,(H,20,22,24)/t16-/m1/s1. The number of amides is 1. The Morgan fingerprint density at radius 3 is 2.89 bits per heavy atom. The fourth-order valence-corrected chi connectivity index (χ4v) is 3.73. The van der Waals surface area contributed by atoms with Crippen molar-refractivity contribution < 1.29 is 9.53 Å². The van der Waals surface area contributed by atoms with Crippen LogP contribution in [0.2, 0.25) is 0 Å². The van der Waals surface area contributed by atoms with Crippen molar-refractivity contribution in [1.29, 1.82) is 0 Å². The molecule has 8 heteroatoms. The number of methoxy groups -OCH3 is 1. The van der Waals surface area contributed by atoms with Gasteiger partial charge in [-0.05, 0) is 31.0 Å². The van der Waals surface area contributed by atoms with Crippen LogP contribution in [0.4, 0.5) is 0 Å². The normalized spacial score (nSPS) is 16.1. The molecule has 1 N–H and O–H groups in total. The van der Waals surface area contributed by atoms with E-state index >= 15 is 0 Å². The molecule has 0 spiro atoms. The second kappa shape index (κ2) is 6.96. The van der Waals surface area contributed by atoms with Gasteiger partial charge < -0.3 is 14.6 Å². The highest BCUT2D eigenvalue weighted by Gasteiger charge is 2.35. The van der Waals surface area contributed by atoms with Crippen LogP contribution in [0.25, 0.3) is 11.5 Å². The van der Waals surface area contributed by atoms with Crippen molar-refractivity contribution in [3.8, 4) is 17.3 Å². The summed E-state index contributed by atoms with van der Waals surface area (Å²) in [6.45, 7) is 2.49. The van der Waals surface area contributed by atoms with Crippen LogP contribution >= 0.6 is 11.3 Å². The van der Waals surface area contributed by atoms with Gasteiger partial charge in [0.15, 0.2) is 5.82 Å². The number of carbonyl (C=O) groups is 1. The predicted octanol–water partition coefficient (Wildman–Crippen LogP) is 2.80. The molecule has 138 valence electrons. The first-order valence-corrected chi connectivity index (χ1v) is 9.41. The van der Waals surface area contributed by atoms with E-state index in [1.54, 1.807) is 12.0 Å². The van der Waals surface area contributed by atoms with Gasteiger partial charge >= 0.3 is 0 Å². The first kappa shape index (κ1) is 17.4. The van der Waals surface area contributed by atoms with Crippen LogP contribution in [0.15, 0.2) is 40.6 Å². The van der Waals surface area contributed by atoms with Crippen molar-refractivity contribution in [2.45, 2.75) is 19.4 Å². The molecule has 4 rings (SSSR count). The van der Waals surface area contributed by atoms with Crippen LogP contribution in [0.3, 0.4) is 0 Å². The lowest BCUT2D eigenvalue weighted by Gasteiger charge is -2.41. The molecule has 2 aromatic heterocycles. The second-order valence-electron chi connectivity index (χ2n) is 6.31. The van der Waals surface area contributed by atoms with Crippen molar-refractivity contribution in [2.75, 3.05) is 13.7 Å². The van der Waals surface area contributed by atoms with Gasteiger partial charge in [0, 0.05) is 18.1 Å². The Kier molecular flexibility index (Phi) is 4.49. The summed E-state index contributed by atoms with van der Waals surface area (Å²) in [4.78, 5) is 38.2. The fourth-order valence-electron chi connectivity index (χ4n) is 3.13. The van der Waals surface area contributed by atoms with Crippen LogP contribution in [0, 0.1) is 6.92 Å². The summed E-state index contributed by atoms with van der Waals surface area (Å²) in [5.41, 5.74) is 1.19. The topological polar surface area (TPSA) is 88.2 Å². The van der Waals surface area contributed by atoms with Gasteiger partial charge in [-0.3, -0.25) is 9.59 Å². The number of nitrogens with one attached hydrogen (secondary N) is 1. The minimum atomic E-state index is -0.452. The first-order valence-electron chi connectivity index (χ1n) is 8.53. The fraction of sp³-hybridized carbons (Fsp3) is 0.263. The molecule has 1 aromatic carbocycles. The van der Waals surface area contributed by atoms with E-state index < -0.39 is 5.56 Å². The van der Waals surface area contributed by atoms with Crippen molar-refractivity contribution in [1.82, 2.24) is 19.9 Å². The maximum absolute atomic E-state index is 12.9. The number of likely N-dealkylation sites (tertiary alicyclic amines) is 1. The van der Waals surface area contributed by atoms with E-state index in [1.807, 2.05) is 36.6 Å². The summed E-state index contributed by atoms with van der Waals surface area (Å²) in [5.74, 6) is 0.798. The lowest BCUT2D eigenvalue weighted by Crippen LogP contribution is -2.46. The minimum Gasteiger partial charge on any atom is -0.497 e. The highest BCUT2D eigenvalue weighted by Crippen LogP contribution is 2.35. The van der Waals surface area contributed by atoms with Crippen molar-refractivity contribution in [3.05, 3.63) is 62.3 Å². The Morgan fingerprint density at radius 1 is 1.41 bits per heavy atom. The summed E-state index contributed by atoms with van der Waals surface area (Å²) < 4.78 is 5.26. The Labute approximate surface area is 159 Å². The average molecular weight is 382 g/mol. The first-order chi connectivity index (χ1) is 13.1. The van der Waals surface area contributed by atoms with Gasteiger partial charge in [-0.25, -0.2) is 9.97 Å². The summed E-state index contributed by atoms with van der Waals surface area (Å²) in [6.07, 6.45) is 2.19. The van der Waals surface area contributed by atoms with E-state index in [0.717, 1.165) is 22.7 Å². The maximum atomic E-state index is 12.9. The predicted molar refractivity (Wildman–Crippen MR) is 102 cm³/mol. The molecular weight excluding hydrogens is 364 g/mol. The molecule has 0 radical (unpaired) electrons. The summed E-state index contributed by atoms with van der Waals surface area (Å²) in [6, 6.07) is 7.58. The third-order valence-electron chi connectivity index (χ3n) is 4.65. The molecule has 0 unspecified atom stereocenters. The van der Waals surface area contributed by atoms with Crippen molar-refractivity contribution >= 4 is 17.2 Å². The number of hydrogen-bond donors (Lipinski definition) is 1. The number of aromatic nitrogens is 3. The highest BCUT2D eigenvalue weighted by molar-refractivity contribution is 7.09. The highest BCUT2D eigenvalue weighted by atomic mass is 32.1. The van der Waals surface area contributed by atoms with Gasteiger partial charge in [0.25, 0.3) is 11.5 Å². The molecule has 0 bridgehead atoms. The molecule has 1 fully saturated rings. The Morgan fingerprint density at radius 2 is 2.26 bits per heavy atom. The van der Waals surface area contributed by atoms with Crippen LogP contribution in [0.1, 0.15) is 33.4 Å². The molecule has 7 nitrogen and oxygen atoms in total. The minimum absolute atomic E-state index is 0.0401. The van der Waals surface area contributed by atoms with E-state index in [0.29, 0.717) is 18.1 Å². The average Bonchev–Trinajstić information content (AvgIpc) is 3.07. The number of nitrogens with zero attached hydrogens (tertiary/aromatic N) is 3. The number of aromatic amines is 1. The SMILES string of the molecule is COc1cccc([C@H]2CCN2C(=O)c2cnc(-c3csc(C)n3)[nH]c2=O)c1. The molecular formula is C19H18N4O3S. The Balaban J connectivity index is 1.58. The van der Waals surface area contributed by atoms with Gasteiger partial charge in [-0.2, -0.15) is 0 Å². The van der Waals surface area contributed by atoms with E-state index in [2.05, 4.69) is 15.0 Å². The van der Waals surface area contributed by atoms with Crippen LogP contribution in [-0.2, 0) is 0 Å². The Bertz CT molecular complexity index is 1060. The molecule has 3 heterocycles. The van der Waals surface area contributed by atoms with Crippen LogP contribution in [-0.4, -0.2) is 39.4 Å². The second-order valence-corrected chi connectivity index (χ2v) is 7.37. The van der Waals surface area contributed by atoms with Gasteiger partial charge in [-0.1, -0.05) is 12.1 Å². The third-order valence-corrected chi connectivity index (χ3v) is 5.42. The molecule has 0 saturated carbocycles. The number of H-pyrrole nitrogens is 1. The quantitative estimate of drug-likeness (QED) is 0.750. The van der Waals surface area contributed by atoms with Gasteiger partial charge in [0.2, 0.25) is 0 Å². The number of carbonyl (C=O) groups excluding carboxylic acids is 1. The van der Waals surface area contributed by atoms with Crippen LogP contribution < -0.4 is 10.3 Å². The van der Waals surface area contributed by atoms with E-state index in [4.69, 9.17) is 4.74 Å². The van der Waals surface area contributed by atoms with E-state index in [-0.39, 0.29) is 17.5 Å². The zero-order chi connectivity index (χ0) is 19.0. The van der Waals surface area contributed by atoms with Crippen LogP contribution in [0.5, 0.6) is 5.75 Å². The van der Waals surface area contributed by atoms with Gasteiger partial charge in [0.05, 0.1) is 18.2 Å². The zero-order valence-electron chi connectivity index (χ0n) is 14.9. The number of ether oxygens (including phenoxy) is 1. The summed E-state index contributed by atoms with van der Waals surface area (Å²) in [7, 11) is 1.61. The molecule has 1 atom stereocenters. The molecule has 1 aliphatic heterocycles. The number of aryl methyl sites for hydroxylation is 1. The number of hydrogen-bond acceptors (Lipinski definition) is 6. The number of thiazole rings is 1. The smallest absolute Gasteiger partial charge is 0.264 e. The monoisotopic (exact) mass is 382 g/mol. The van der Waals surface area contributed by atoms with Gasteiger partial charge in [0.1, 0.15) is 17.0 Å². The van der Waals surface area contributed by atoms with Crippen molar-refractivity contribution in [3.63, 3.8) is 0 Å². The third kappa shape index (κ3) is 3.23. The molecule has 27 heavy (non-hydrogen) atoms. The molecule has 0 aliphatic carbocycles. The number of benzene rings is 1. The summed E-state index contributed by atoms with van der Waals surface area (Å²) >= 11 is 1.48. The maximum Gasteiger partial charge on any atom is 0.264 e. The molecule has 1 amide bonds. The zero-order valence-corrected chi connectivity index (χ0v) is 15.7. The largest absolute Gasteiger partial charge is 0.497 e. The van der Waals surface area contributed by atoms with E-state index in [1.165, 1.54) is 17.5 Å². The Hall–Kier alpha value is -3.00. The summed E-state index contributed by atoms with van der Waals surface area (Å²) in [5, 5.41) is 2.71. The lowest BCUT2D eigenvalue weighted by molar-refractivity contribution is 0.0457. The molecule has 1 aliphatic rings. The van der Waals surface area contributed by atoms with Crippen molar-refractivity contribution in [2.24, 2.45) is 0 Å². The molecule has 3 aromatic rings. The lowest BCUT2D eigenvalue weighted by atomic mass is 9.94.